The molecule has 19 heavy (non-hydrogen) atoms. The Morgan fingerprint density at radius 3 is 1.84 bits per heavy atom. The first-order chi connectivity index (χ1) is 9.06. The summed E-state index contributed by atoms with van der Waals surface area (Å²) in [6.07, 6.45) is 10.3. The predicted octanol–water partition coefficient (Wildman–Crippen LogP) is 4.57. The third kappa shape index (κ3) is 4.22. The molecule has 0 spiro atoms. The summed E-state index contributed by atoms with van der Waals surface area (Å²) in [6, 6.07) is 0. The molecule has 0 amide bonds. The van der Waals surface area contributed by atoms with Crippen LogP contribution >= 0.6 is 0 Å². The van der Waals surface area contributed by atoms with E-state index in [1.807, 2.05) is 13.8 Å². The molecule has 0 aromatic carbocycles. The third-order valence-electron chi connectivity index (χ3n) is 5.18. The molecule has 0 aliphatic heterocycles. The van der Waals surface area contributed by atoms with E-state index < -0.39 is 0 Å². The molecule has 2 saturated carbocycles. The number of carbonyl (C=O) groups excluding carboxylic acids is 1. The highest BCUT2D eigenvalue weighted by atomic mass is 16.5. The van der Waals surface area contributed by atoms with Gasteiger partial charge in [0.05, 0.1) is 12.0 Å². The summed E-state index contributed by atoms with van der Waals surface area (Å²) in [7, 11) is 0. The fraction of sp³-hybridized carbons (Fsp3) is 0.941. The van der Waals surface area contributed by atoms with Crippen LogP contribution in [0.2, 0.25) is 0 Å². The van der Waals surface area contributed by atoms with Gasteiger partial charge in [-0.3, -0.25) is 4.79 Å². The molecule has 0 aromatic heterocycles. The van der Waals surface area contributed by atoms with E-state index in [1.165, 1.54) is 38.5 Å². The van der Waals surface area contributed by atoms with Crippen LogP contribution in [0.4, 0.5) is 0 Å². The Kier molecular flexibility index (Phi) is 5.29. The topological polar surface area (TPSA) is 26.3 Å². The third-order valence-corrected chi connectivity index (χ3v) is 5.18. The summed E-state index contributed by atoms with van der Waals surface area (Å²) in [6.45, 7) is 6.26. The van der Waals surface area contributed by atoms with E-state index >= 15 is 0 Å². The van der Waals surface area contributed by atoms with Crippen LogP contribution in [0, 0.1) is 23.7 Å². The summed E-state index contributed by atoms with van der Waals surface area (Å²) < 4.78 is 5.35. The molecule has 0 unspecified atom stereocenters. The zero-order valence-electron chi connectivity index (χ0n) is 12.9. The van der Waals surface area contributed by atoms with Gasteiger partial charge in [-0.05, 0) is 70.1 Å². The van der Waals surface area contributed by atoms with Crippen LogP contribution in [-0.4, -0.2) is 12.1 Å². The van der Waals surface area contributed by atoms with Gasteiger partial charge >= 0.3 is 5.97 Å². The minimum Gasteiger partial charge on any atom is -0.463 e. The van der Waals surface area contributed by atoms with Gasteiger partial charge < -0.3 is 4.74 Å². The summed E-state index contributed by atoms with van der Waals surface area (Å²) in [5, 5.41) is 0. The number of carbonyl (C=O) groups is 1. The standard InChI is InChI=1S/C17H30O2/c1-12(2)19-17(18)16-10-8-15(9-11-16)14-6-4-13(3)5-7-14/h12-16H,4-11H2,1-3H3. The first-order valence-electron chi connectivity index (χ1n) is 8.26. The van der Waals surface area contributed by atoms with E-state index in [0.717, 1.165) is 30.6 Å². The normalized spacial score (nSPS) is 36.2. The maximum atomic E-state index is 11.9. The molecule has 2 aliphatic rings. The van der Waals surface area contributed by atoms with Crippen molar-refractivity contribution in [2.45, 2.75) is 78.2 Å². The molecule has 110 valence electrons. The molecule has 0 bridgehead atoms. The zero-order chi connectivity index (χ0) is 13.8. The van der Waals surface area contributed by atoms with Gasteiger partial charge in [0.25, 0.3) is 0 Å². The Labute approximate surface area is 118 Å². The summed E-state index contributed by atoms with van der Waals surface area (Å²) >= 11 is 0. The van der Waals surface area contributed by atoms with Crippen molar-refractivity contribution in [2.24, 2.45) is 23.7 Å². The number of esters is 1. The number of ether oxygens (including phenoxy) is 1. The predicted molar refractivity (Wildman–Crippen MR) is 77.8 cm³/mol. The summed E-state index contributed by atoms with van der Waals surface area (Å²) in [5.74, 6) is 2.99. The van der Waals surface area contributed by atoms with Crippen molar-refractivity contribution >= 4 is 5.97 Å². The lowest BCUT2D eigenvalue weighted by atomic mass is 9.69. The van der Waals surface area contributed by atoms with Crippen molar-refractivity contribution in [3.05, 3.63) is 0 Å². The van der Waals surface area contributed by atoms with Gasteiger partial charge in [-0.1, -0.05) is 19.8 Å². The number of hydrogen-bond acceptors (Lipinski definition) is 2. The largest absolute Gasteiger partial charge is 0.463 e. The molecule has 2 aliphatic carbocycles. The average Bonchev–Trinajstić information content (AvgIpc) is 2.39. The molecule has 0 saturated heterocycles. The molecule has 2 nitrogen and oxygen atoms in total. The second-order valence-corrected chi connectivity index (χ2v) is 7.12. The molecule has 2 rings (SSSR count). The van der Waals surface area contributed by atoms with Gasteiger partial charge in [0.15, 0.2) is 0 Å². The molecule has 0 radical (unpaired) electrons. The van der Waals surface area contributed by atoms with E-state index in [0.29, 0.717) is 0 Å². The second kappa shape index (κ2) is 6.76. The second-order valence-electron chi connectivity index (χ2n) is 7.12. The highest BCUT2D eigenvalue weighted by Gasteiger charge is 2.32. The van der Waals surface area contributed by atoms with Crippen molar-refractivity contribution in [3.8, 4) is 0 Å². The first kappa shape index (κ1) is 14.9. The van der Waals surface area contributed by atoms with Crippen molar-refractivity contribution in [1.29, 1.82) is 0 Å². The molecule has 2 fully saturated rings. The minimum atomic E-state index is 0.0325. The lowest BCUT2D eigenvalue weighted by Crippen LogP contribution is -2.29. The van der Waals surface area contributed by atoms with Gasteiger partial charge in [-0.15, -0.1) is 0 Å². The maximum Gasteiger partial charge on any atom is 0.309 e. The van der Waals surface area contributed by atoms with E-state index in [-0.39, 0.29) is 18.0 Å². The molecular formula is C17H30O2. The van der Waals surface area contributed by atoms with Crippen molar-refractivity contribution < 1.29 is 9.53 Å². The molecule has 0 aromatic rings. The summed E-state index contributed by atoms with van der Waals surface area (Å²) in [5.41, 5.74) is 0. The molecule has 0 atom stereocenters. The fourth-order valence-electron chi connectivity index (χ4n) is 3.91. The van der Waals surface area contributed by atoms with Gasteiger partial charge in [-0.2, -0.15) is 0 Å². The summed E-state index contributed by atoms with van der Waals surface area (Å²) in [4.78, 5) is 11.9. The molecular weight excluding hydrogens is 236 g/mol. The van der Waals surface area contributed by atoms with Gasteiger partial charge in [-0.25, -0.2) is 0 Å². The van der Waals surface area contributed by atoms with Crippen LogP contribution in [0.3, 0.4) is 0 Å². The smallest absolute Gasteiger partial charge is 0.309 e. The van der Waals surface area contributed by atoms with Gasteiger partial charge in [0.2, 0.25) is 0 Å². The van der Waals surface area contributed by atoms with Gasteiger partial charge in [0, 0.05) is 0 Å². The lowest BCUT2D eigenvalue weighted by molar-refractivity contribution is -0.154. The van der Waals surface area contributed by atoms with Crippen molar-refractivity contribution in [3.63, 3.8) is 0 Å². The van der Waals surface area contributed by atoms with Crippen LogP contribution in [-0.2, 0) is 9.53 Å². The SMILES string of the molecule is CC1CCC(C2CCC(C(=O)OC(C)C)CC2)CC1. The average molecular weight is 266 g/mol. The monoisotopic (exact) mass is 266 g/mol. The molecule has 0 N–H and O–H groups in total. The lowest BCUT2D eigenvalue weighted by Gasteiger charge is -2.36. The Balaban J connectivity index is 1.74. The highest BCUT2D eigenvalue weighted by molar-refractivity contribution is 5.72. The van der Waals surface area contributed by atoms with Crippen LogP contribution in [0.1, 0.15) is 72.1 Å². The van der Waals surface area contributed by atoms with Crippen LogP contribution in [0.15, 0.2) is 0 Å². The van der Waals surface area contributed by atoms with Crippen molar-refractivity contribution in [2.75, 3.05) is 0 Å². The molecule has 2 heteroatoms. The first-order valence-corrected chi connectivity index (χ1v) is 8.26. The number of hydrogen-bond donors (Lipinski definition) is 0. The Bertz CT molecular complexity index is 282. The van der Waals surface area contributed by atoms with E-state index in [1.54, 1.807) is 0 Å². The van der Waals surface area contributed by atoms with E-state index in [9.17, 15) is 4.79 Å². The maximum absolute atomic E-state index is 11.9. The van der Waals surface area contributed by atoms with Gasteiger partial charge in [0.1, 0.15) is 0 Å². The van der Waals surface area contributed by atoms with E-state index in [2.05, 4.69) is 6.92 Å². The fourth-order valence-corrected chi connectivity index (χ4v) is 3.91. The Hall–Kier alpha value is -0.530. The highest BCUT2D eigenvalue weighted by Crippen LogP contribution is 2.41. The minimum absolute atomic E-state index is 0.0325. The Morgan fingerprint density at radius 1 is 0.895 bits per heavy atom. The Morgan fingerprint density at radius 2 is 1.37 bits per heavy atom. The van der Waals surface area contributed by atoms with Crippen molar-refractivity contribution in [1.82, 2.24) is 0 Å². The quantitative estimate of drug-likeness (QED) is 0.699. The van der Waals surface area contributed by atoms with Crippen LogP contribution < -0.4 is 0 Å². The zero-order valence-corrected chi connectivity index (χ0v) is 12.9. The number of rotatable bonds is 3. The molecule has 0 heterocycles. The van der Waals surface area contributed by atoms with Crippen LogP contribution in [0.5, 0.6) is 0 Å². The van der Waals surface area contributed by atoms with E-state index in [4.69, 9.17) is 4.74 Å². The van der Waals surface area contributed by atoms with Crippen LogP contribution in [0.25, 0.3) is 0 Å².